The van der Waals surface area contributed by atoms with E-state index >= 15 is 0 Å². The normalized spacial score (nSPS) is 11.8. The van der Waals surface area contributed by atoms with Gasteiger partial charge in [-0.2, -0.15) is 0 Å². The van der Waals surface area contributed by atoms with Gasteiger partial charge < -0.3 is 11.1 Å². The molecule has 3 rings (SSSR count). The highest BCUT2D eigenvalue weighted by molar-refractivity contribution is 5.91. The molecule has 1 heterocycles. The monoisotopic (exact) mass is 331 g/mol. The summed E-state index contributed by atoms with van der Waals surface area (Å²) < 4.78 is 0. The number of pyridine rings is 1. The van der Waals surface area contributed by atoms with Crippen molar-refractivity contribution in [3.63, 3.8) is 0 Å². The summed E-state index contributed by atoms with van der Waals surface area (Å²) in [4.78, 5) is 16.0. The van der Waals surface area contributed by atoms with Gasteiger partial charge in [-0.1, -0.05) is 54.6 Å². The molecule has 3 N–H and O–H groups in total. The number of hydrogen-bond acceptors (Lipinski definition) is 3. The molecule has 0 aliphatic carbocycles. The predicted molar refractivity (Wildman–Crippen MR) is 102 cm³/mol. The van der Waals surface area contributed by atoms with Crippen LogP contribution in [0.1, 0.15) is 25.5 Å². The predicted octanol–water partition coefficient (Wildman–Crippen LogP) is 4.39. The van der Waals surface area contributed by atoms with Gasteiger partial charge in [-0.15, -0.1) is 0 Å². The molecule has 126 valence electrons. The van der Waals surface area contributed by atoms with Gasteiger partial charge in [0, 0.05) is 24.1 Å². The zero-order valence-corrected chi connectivity index (χ0v) is 14.4. The summed E-state index contributed by atoms with van der Waals surface area (Å²) in [7, 11) is 0. The second-order valence-corrected chi connectivity index (χ2v) is 6.08. The molecule has 4 nitrogen and oxygen atoms in total. The number of nitrogens with one attached hydrogen (secondary N) is 1. The molecule has 1 atom stereocenters. The number of carbonyl (C=O) groups is 1. The smallest absolute Gasteiger partial charge is 0.221 e. The molecule has 0 radical (unpaired) electrons. The molecule has 0 saturated heterocycles. The van der Waals surface area contributed by atoms with Crippen LogP contribution in [0, 0.1) is 0 Å². The van der Waals surface area contributed by atoms with Crippen molar-refractivity contribution in [2.45, 2.75) is 19.9 Å². The molecule has 1 aromatic heterocycles. The van der Waals surface area contributed by atoms with Crippen molar-refractivity contribution in [2.75, 3.05) is 5.32 Å². The quantitative estimate of drug-likeness (QED) is 0.745. The number of nitrogens with two attached hydrogens (primary N) is 1. The maximum Gasteiger partial charge on any atom is 0.221 e. The summed E-state index contributed by atoms with van der Waals surface area (Å²) >= 11 is 0. The Bertz CT molecular complexity index is 871. The summed E-state index contributed by atoms with van der Waals surface area (Å²) in [6.07, 6.45) is 1.68. The van der Waals surface area contributed by atoms with E-state index in [1.807, 2.05) is 67.6 Å². The summed E-state index contributed by atoms with van der Waals surface area (Å²) in [5, 5.41) is 2.80. The maximum absolute atomic E-state index is 11.4. The van der Waals surface area contributed by atoms with E-state index in [0.717, 1.165) is 27.9 Å². The van der Waals surface area contributed by atoms with E-state index in [4.69, 9.17) is 5.73 Å². The standard InChI is InChI=1S/C21H21N3O/c1-14(22)16-8-10-18(11-9-16)21-20(17-6-4-3-5-7-17)12-19(13-23-21)24-15(2)25/h3-14H,22H2,1-2H3,(H,24,25). The van der Waals surface area contributed by atoms with E-state index in [-0.39, 0.29) is 11.9 Å². The molecule has 0 fully saturated rings. The first-order valence-electron chi connectivity index (χ1n) is 8.23. The Balaban J connectivity index is 2.10. The highest BCUT2D eigenvalue weighted by Gasteiger charge is 2.11. The molecular formula is C21H21N3O. The number of aromatic nitrogens is 1. The lowest BCUT2D eigenvalue weighted by molar-refractivity contribution is -0.114. The highest BCUT2D eigenvalue weighted by atomic mass is 16.1. The topological polar surface area (TPSA) is 68.0 Å². The fourth-order valence-electron chi connectivity index (χ4n) is 2.75. The van der Waals surface area contributed by atoms with Crippen LogP contribution in [0.15, 0.2) is 66.9 Å². The van der Waals surface area contributed by atoms with Gasteiger partial charge in [-0.3, -0.25) is 9.78 Å². The number of carbonyl (C=O) groups excluding carboxylic acids is 1. The number of benzene rings is 2. The van der Waals surface area contributed by atoms with Crippen molar-refractivity contribution in [3.8, 4) is 22.4 Å². The minimum Gasteiger partial charge on any atom is -0.325 e. The fraction of sp³-hybridized carbons (Fsp3) is 0.143. The molecule has 0 bridgehead atoms. The largest absolute Gasteiger partial charge is 0.325 e. The lowest BCUT2D eigenvalue weighted by atomic mass is 9.97. The van der Waals surface area contributed by atoms with Crippen molar-refractivity contribution >= 4 is 11.6 Å². The van der Waals surface area contributed by atoms with Crippen LogP contribution < -0.4 is 11.1 Å². The van der Waals surface area contributed by atoms with Crippen molar-refractivity contribution in [1.82, 2.24) is 4.98 Å². The Morgan fingerprint density at radius 2 is 1.72 bits per heavy atom. The maximum atomic E-state index is 11.4. The van der Waals surface area contributed by atoms with E-state index in [1.165, 1.54) is 6.92 Å². The third kappa shape index (κ3) is 3.92. The first-order chi connectivity index (χ1) is 12.0. The molecule has 0 aliphatic rings. The fourth-order valence-corrected chi connectivity index (χ4v) is 2.75. The molecule has 1 amide bonds. The molecule has 1 unspecified atom stereocenters. The second-order valence-electron chi connectivity index (χ2n) is 6.08. The second kappa shape index (κ2) is 7.28. The summed E-state index contributed by atoms with van der Waals surface area (Å²) in [6.45, 7) is 3.45. The average Bonchev–Trinajstić information content (AvgIpc) is 2.62. The van der Waals surface area contributed by atoms with Crippen LogP contribution in [-0.4, -0.2) is 10.9 Å². The lowest BCUT2D eigenvalue weighted by Gasteiger charge is -2.13. The number of anilines is 1. The van der Waals surface area contributed by atoms with Crippen LogP contribution in [0.2, 0.25) is 0 Å². The van der Waals surface area contributed by atoms with Crippen molar-refractivity contribution < 1.29 is 4.79 Å². The lowest BCUT2D eigenvalue weighted by Crippen LogP contribution is -2.06. The van der Waals surface area contributed by atoms with Crippen molar-refractivity contribution in [2.24, 2.45) is 5.73 Å². The summed E-state index contributed by atoms with van der Waals surface area (Å²) in [5.41, 5.74) is 11.6. The zero-order chi connectivity index (χ0) is 17.8. The van der Waals surface area contributed by atoms with E-state index in [9.17, 15) is 4.79 Å². The Morgan fingerprint density at radius 3 is 2.32 bits per heavy atom. The van der Waals surface area contributed by atoms with Gasteiger partial charge in [0.15, 0.2) is 0 Å². The molecular weight excluding hydrogens is 310 g/mol. The molecule has 0 saturated carbocycles. The van der Waals surface area contributed by atoms with E-state index in [0.29, 0.717) is 5.69 Å². The van der Waals surface area contributed by atoms with Gasteiger partial charge in [-0.25, -0.2) is 0 Å². The SMILES string of the molecule is CC(=O)Nc1cnc(-c2ccc(C(C)N)cc2)c(-c2ccccc2)c1. The summed E-state index contributed by atoms with van der Waals surface area (Å²) in [6, 6.07) is 20.1. The number of hydrogen-bond donors (Lipinski definition) is 2. The third-order valence-electron chi connectivity index (χ3n) is 4.00. The third-order valence-corrected chi connectivity index (χ3v) is 4.00. The number of amides is 1. The Labute approximate surface area is 147 Å². The van der Waals surface area contributed by atoms with Crippen molar-refractivity contribution in [1.29, 1.82) is 0 Å². The molecule has 3 aromatic rings. The van der Waals surface area contributed by atoms with E-state index < -0.39 is 0 Å². The Kier molecular flexibility index (Phi) is 4.91. The van der Waals surface area contributed by atoms with E-state index in [1.54, 1.807) is 6.20 Å². The molecule has 0 spiro atoms. The minimum absolute atomic E-state index is 0.00209. The first-order valence-corrected chi connectivity index (χ1v) is 8.23. The molecule has 0 aliphatic heterocycles. The van der Waals surface area contributed by atoms with Gasteiger partial charge in [0.25, 0.3) is 0 Å². The number of nitrogens with zero attached hydrogens (tertiary/aromatic N) is 1. The van der Waals surface area contributed by atoms with Gasteiger partial charge in [-0.05, 0) is 24.1 Å². The zero-order valence-electron chi connectivity index (χ0n) is 14.4. The van der Waals surface area contributed by atoms with Crippen LogP contribution in [0.5, 0.6) is 0 Å². The van der Waals surface area contributed by atoms with Gasteiger partial charge in [0.05, 0.1) is 17.6 Å². The van der Waals surface area contributed by atoms with E-state index in [2.05, 4.69) is 10.3 Å². The average molecular weight is 331 g/mol. The highest BCUT2D eigenvalue weighted by Crippen LogP contribution is 2.32. The Morgan fingerprint density at radius 1 is 1.04 bits per heavy atom. The first kappa shape index (κ1) is 16.9. The van der Waals surface area contributed by atoms with Crippen LogP contribution in [0.4, 0.5) is 5.69 Å². The van der Waals surface area contributed by atoms with Crippen LogP contribution in [-0.2, 0) is 4.79 Å². The van der Waals surface area contributed by atoms with Crippen LogP contribution in [0.25, 0.3) is 22.4 Å². The van der Waals surface area contributed by atoms with Gasteiger partial charge in [0.1, 0.15) is 0 Å². The van der Waals surface area contributed by atoms with Crippen molar-refractivity contribution in [3.05, 3.63) is 72.4 Å². The summed E-state index contributed by atoms with van der Waals surface area (Å²) in [5.74, 6) is -0.116. The van der Waals surface area contributed by atoms with Gasteiger partial charge in [0.2, 0.25) is 5.91 Å². The van der Waals surface area contributed by atoms with Crippen LogP contribution in [0.3, 0.4) is 0 Å². The molecule has 4 heteroatoms. The molecule has 2 aromatic carbocycles. The van der Waals surface area contributed by atoms with Crippen LogP contribution >= 0.6 is 0 Å². The molecule has 25 heavy (non-hydrogen) atoms. The Hall–Kier alpha value is -2.98. The number of rotatable bonds is 4. The van der Waals surface area contributed by atoms with Gasteiger partial charge >= 0.3 is 0 Å². The minimum atomic E-state index is -0.116.